The summed E-state index contributed by atoms with van der Waals surface area (Å²) >= 11 is 1.54. The molecule has 1 aromatic heterocycles. The van der Waals surface area contributed by atoms with E-state index in [0.29, 0.717) is 25.3 Å². The molecule has 0 aliphatic rings. The Balaban J connectivity index is 2.16. The first-order chi connectivity index (χ1) is 6.86. The van der Waals surface area contributed by atoms with E-state index in [9.17, 15) is 0 Å². The van der Waals surface area contributed by atoms with Gasteiger partial charge in [-0.15, -0.1) is 11.3 Å². The van der Waals surface area contributed by atoms with Crippen LogP contribution < -0.4 is 5.48 Å². The molecular formula is C9H12N2O2S. The van der Waals surface area contributed by atoms with Crippen LogP contribution in [0.2, 0.25) is 0 Å². The van der Waals surface area contributed by atoms with Crippen molar-refractivity contribution in [1.29, 1.82) is 5.26 Å². The van der Waals surface area contributed by atoms with E-state index in [0.717, 1.165) is 4.88 Å². The van der Waals surface area contributed by atoms with Gasteiger partial charge in [-0.1, -0.05) is 0 Å². The van der Waals surface area contributed by atoms with Crippen molar-refractivity contribution in [3.8, 4) is 6.07 Å². The van der Waals surface area contributed by atoms with Crippen LogP contribution in [0.5, 0.6) is 0 Å². The smallest absolute Gasteiger partial charge is 0.100 e. The quantitative estimate of drug-likeness (QED) is 0.570. The van der Waals surface area contributed by atoms with Gasteiger partial charge in [0.15, 0.2) is 0 Å². The van der Waals surface area contributed by atoms with Crippen LogP contribution in [0.4, 0.5) is 0 Å². The number of nitriles is 1. The summed E-state index contributed by atoms with van der Waals surface area (Å²) in [4.78, 5) is 6.15. The Hall–Kier alpha value is -0.930. The van der Waals surface area contributed by atoms with E-state index < -0.39 is 0 Å². The molecule has 1 rings (SSSR count). The van der Waals surface area contributed by atoms with Crippen LogP contribution in [0.1, 0.15) is 10.4 Å². The molecule has 5 heteroatoms. The highest BCUT2D eigenvalue weighted by Crippen LogP contribution is 2.12. The van der Waals surface area contributed by atoms with Gasteiger partial charge in [-0.3, -0.25) is 4.84 Å². The first-order valence-corrected chi connectivity index (χ1v) is 5.06. The number of thiophene rings is 1. The largest absolute Gasteiger partial charge is 0.382 e. The fourth-order valence-electron chi connectivity index (χ4n) is 0.851. The second-order valence-corrected chi connectivity index (χ2v) is 3.57. The molecule has 0 fully saturated rings. The first-order valence-electron chi connectivity index (χ1n) is 4.18. The Kier molecular flexibility index (Phi) is 5.19. The molecule has 0 unspecified atom stereocenters. The van der Waals surface area contributed by atoms with E-state index in [1.807, 2.05) is 11.4 Å². The van der Waals surface area contributed by atoms with Gasteiger partial charge >= 0.3 is 0 Å². The van der Waals surface area contributed by atoms with Gasteiger partial charge < -0.3 is 4.74 Å². The zero-order valence-corrected chi connectivity index (χ0v) is 8.76. The van der Waals surface area contributed by atoms with E-state index >= 15 is 0 Å². The first kappa shape index (κ1) is 11.1. The van der Waals surface area contributed by atoms with Crippen LogP contribution in [-0.2, 0) is 16.1 Å². The SMILES string of the molecule is COCCONCc1cc(C#N)cs1. The van der Waals surface area contributed by atoms with E-state index in [-0.39, 0.29) is 0 Å². The number of methoxy groups -OCH3 is 1. The van der Waals surface area contributed by atoms with Crippen molar-refractivity contribution in [1.82, 2.24) is 5.48 Å². The van der Waals surface area contributed by atoms with E-state index in [1.165, 1.54) is 0 Å². The lowest BCUT2D eigenvalue weighted by Crippen LogP contribution is -2.16. The molecule has 76 valence electrons. The van der Waals surface area contributed by atoms with Crippen molar-refractivity contribution in [2.45, 2.75) is 6.54 Å². The van der Waals surface area contributed by atoms with Crippen LogP contribution in [0.25, 0.3) is 0 Å². The molecule has 0 saturated carbocycles. The summed E-state index contributed by atoms with van der Waals surface area (Å²) in [6.07, 6.45) is 0. The van der Waals surface area contributed by atoms with Crippen molar-refractivity contribution in [2.24, 2.45) is 0 Å². The zero-order chi connectivity index (χ0) is 10.2. The second kappa shape index (κ2) is 6.51. The molecule has 0 saturated heterocycles. The summed E-state index contributed by atoms with van der Waals surface area (Å²) in [6, 6.07) is 3.92. The average molecular weight is 212 g/mol. The Morgan fingerprint density at radius 3 is 3.07 bits per heavy atom. The number of hydroxylamine groups is 1. The van der Waals surface area contributed by atoms with Gasteiger partial charge in [0.25, 0.3) is 0 Å². The van der Waals surface area contributed by atoms with Crippen molar-refractivity contribution in [3.05, 3.63) is 21.9 Å². The fourth-order valence-corrected chi connectivity index (χ4v) is 1.59. The molecule has 14 heavy (non-hydrogen) atoms. The van der Waals surface area contributed by atoms with Gasteiger partial charge in [0, 0.05) is 17.4 Å². The number of rotatable bonds is 6. The molecule has 1 heterocycles. The Morgan fingerprint density at radius 1 is 1.57 bits per heavy atom. The minimum atomic E-state index is 0.521. The summed E-state index contributed by atoms with van der Waals surface area (Å²) < 4.78 is 4.81. The van der Waals surface area contributed by atoms with Crippen molar-refractivity contribution < 1.29 is 9.57 Å². The summed E-state index contributed by atoms with van der Waals surface area (Å²) in [5.74, 6) is 0. The summed E-state index contributed by atoms with van der Waals surface area (Å²) in [5, 5.41) is 10.4. The summed E-state index contributed by atoms with van der Waals surface area (Å²) in [5.41, 5.74) is 3.49. The van der Waals surface area contributed by atoms with Crippen LogP contribution in [0, 0.1) is 11.3 Å². The third-order valence-corrected chi connectivity index (χ3v) is 2.46. The average Bonchev–Trinajstić information content (AvgIpc) is 2.65. The molecule has 4 nitrogen and oxygen atoms in total. The van der Waals surface area contributed by atoms with Gasteiger partial charge in [-0.25, -0.2) is 0 Å². The summed E-state index contributed by atoms with van der Waals surface area (Å²) in [6.45, 7) is 1.71. The molecule has 0 aliphatic carbocycles. The molecule has 0 amide bonds. The normalized spacial score (nSPS) is 10.0. The van der Waals surface area contributed by atoms with Crippen LogP contribution >= 0.6 is 11.3 Å². The van der Waals surface area contributed by atoms with E-state index in [2.05, 4.69) is 11.5 Å². The number of hydrogen-bond donors (Lipinski definition) is 1. The third-order valence-electron chi connectivity index (χ3n) is 1.52. The molecule has 1 N–H and O–H groups in total. The fraction of sp³-hybridized carbons (Fsp3) is 0.444. The van der Waals surface area contributed by atoms with Gasteiger partial charge in [-0.2, -0.15) is 10.7 Å². The number of nitrogens with zero attached hydrogens (tertiary/aromatic N) is 1. The molecule has 1 aromatic rings. The highest BCUT2D eigenvalue weighted by molar-refractivity contribution is 7.10. The van der Waals surface area contributed by atoms with E-state index in [1.54, 1.807) is 18.4 Å². The zero-order valence-electron chi connectivity index (χ0n) is 7.95. The van der Waals surface area contributed by atoms with E-state index in [4.69, 9.17) is 14.8 Å². The lowest BCUT2D eigenvalue weighted by atomic mass is 10.3. The minimum absolute atomic E-state index is 0.521. The van der Waals surface area contributed by atoms with Gasteiger partial charge in [0.05, 0.1) is 25.3 Å². The maximum atomic E-state index is 8.58. The van der Waals surface area contributed by atoms with Gasteiger partial charge in [0.2, 0.25) is 0 Å². The second-order valence-electron chi connectivity index (χ2n) is 2.58. The number of ether oxygens (including phenoxy) is 1. The predicted octanol–water partition coefficient (Wildman–Crippen LogP) is 1.29. The molecule has 0 bridgehead atoms. The molecule has 0 atom stereocenters. The molecule has 0 radical (unpaired) electrons. The minimum Gasteiger partial charge on any atom is -0.382 e. The predicted molar refractivity (Wildman–Crippen MR) is 53.7 cm³/mol. The van der Waals surface area contributed by atoms with Crippen molar-refractivity contribution in [2.75, 3.05) is 20.3 Å². The summed E-state index contributed by atoms with van der Waals surface area (Å²) in [7, 11) is 1.63. The van der Waals surface area contributed by atoms with Crippen LogP contribution in [0.3, 0.4) is 0 Å². The monoisotopic (exact) mass is 212 g/mol. The Labute approximate surface area is 87.0 Å². The number of nitrogens with one attached hydrogen (secondary N) is 1. The molecule has 0 spiro atoms. The van der Waals surface area contributed by atoms with Gasteiger partial charge in [0.1, 0.15) is 6.07 Å². The maximum absolute atomic E-state index is 8.58. The number of hydrogen-bond acceptors (Lipinski definition) is 5. The topological polar surface area (TPSA) is 54.3 Å². The highest BCUT2D eigenvalue weighted by atomic mass is 32.1. The van der Waals surface area contributed by atoms with Crippen LogP contribution in [0.15, 0.2) is 11.4 Å². The van der Waals surface area contributed by atoms with Crippen LogP contribution in [-0.4, -0.2) is 20.3 Å². The molecule has 0 aromatic carbocycles. The third kappa shape index (κ3) is 3.85. The Bertz CT molecular complexity index is 306. The molecular weight excluding hydrogens is 200 g/mol. The highest BCUT2D eigenvalue weighted by Gasteiger charge is 1.97. The maximum Gasteiger partial charge on any atom is 0.100 e. The standard InChI is InChI=1S/C9H12N2O2S/c1-12-2-3-13-11-6-9-4-8(5-10)7-14-9/h4,7,11H,2-3,6H2,1H3. The molecule has 0 aliphatic heterocycles. The van der Waals surface area contributed by atoms with Gasteiger partial charge in [-0.05, 0) is 6.07 Å². The van der Waals surface area contributed by atoms with Crippen molar-refractivity contribution in [3.63, 3.8) is 0 Å². The van der Waals surface area contributed by atoms with Crippen molar-refractivity contribution >= 4 is 11.3 Å². The lowest BCUT2D eigenvalue weighted by molar-refractivity contribution is 0.00387. The Morgan fingerprint density at radius 2 is 2.43 bits per heavy atom. The lowest BCUT2D eigenvalue weighted by Gasteiger charge is -2.02.